The van der Waals surface area contributed by atoms with E-state index in [9.17, 15) is 24.6 Å². The molecular weight excluding hydrogens is 606 g/mol. The molecule has 2 aliphatic rings. The summed E-state index contributed by atoms with van der Waals surface area (Å²) in [5.41, 5.74) is 0.301. The van der Waals surface area contributed by atoms with Crippen LogP contribution in [0.15, 0.2) is 35.9 Å². The fraction of sp³-hybridized carbons (Fsp3) is 0.594. The number of benzene rings is 1. The lowest BCUT2D eigenvalue weighted by molar-refractivity contribution is -0.163. The van der Waals surface area contributed by atoms with Crippen molar-refractivity contribution in [1.82, 2.24) is 10.6 Å². The minimum Gasteiger partial charge on any atom is -0.495 e. The molecule has 8 unspecified atom stereocenters. The number of aliphatic hydroxyl groups excluding tert-OH is 1. The van der Waals surface area contributed by atoms with Gasteiger partial charge in [0.2, 0.25) is 5.91 Å². The van der Waals surface area contributed by atoms with E-state index in [-0.39, 0.29) is 17.9 Å². The van der Waals surface area contributed by atoms with E-state index in [0.717, 1.165) is 11.1 Å². The molecule has 2 amide bonds. The number of alkyl carbamates (subject to hydrolysis) is 1. The Kier molecular flexibility index (Phi) is 12.4. The quantitative estimate of drug-likeness (QED) is 0.349. The number of ether oxygens (including phenoxy) is 4. The molecule has 12 nitrogen and oxygen atoms in total. The number of amides is 2. The summed E-state index contributed by atoms with van der Waals surface area (Å²) >= 11 is 6.67. The van der Waals surface area contributed by atoms with Crippen LogP contribution in [-0.4, -0.2) is 92.7 Å². The van der Waals surface area contributed by atoms with Gasteiger partial charge in [-0.25, -0.2) is 4.79 Å². The first-order valence-electron chi connectivity index (χ1n) is 14.9. The van der Waals surface area contributed by atoms with Gasteiger partial charge in [-0.1, -0.05) is 49.2 Å². The van der Waals surface area contributed by atoms with E-state index in [1.807, 2.05) is 13.0 Å². The zero-order valence-corrected chi connectivity index (χ0v) is 27.9. The summed E-state index contributed by atoms with van der Waals surface area (Å²) in [7, 11) is 6.07. The predicted molar refractivity (Wildman–Crippen MR) is 169 cm³/mol. The number of hydrogen-bond acceptors (Lipinski definition) is 10. The molecule has 13 heteroatoms. The number of allylic oxidation sites excluding steroid dienone is 3. The van der Waals surface area contributed by atoms with Crippen molar-refractivity contribution >= 4 is 35.3 Å². The van der Waals surface area contributed by atoms with Crippen LogP contribution in [0.3, 0.4) is 0 Å². The Morgan fingerprint density at radius 3 is 2.56 bits per heavy atom. The van der Waals surface area contributed by atoms with E-state index in [1.54, 1.807) is 59.2 Å². The molecule has 0 spiro atoms. The van der Waals surface area contributed by atoms with Gasteiger partial charge in [-0.3, -0.25) is 14.9 Å². The van der Waals surface area contributed by atoms with Crippen molar-refractivity contribution in [2.45, 2.75) is 83.1 Å². The minimum absolute atomic E-state index is 0.109. The molecule has 45 heavy (non-hydrogen) atoms. The van der Waals surface area contributed by atoms with Crippen LogP contribution in [0.2, 0.25) is 5.02 Å². The SMILES string of the molecule is CNC(C)C(=O)OC1CC(=O)N(C)c2cc(cc(OC)c2Cl)CC(C)=CC=CC(OC)C2(O)CC(OC(=O)N2)C(C)C(O)C1C. The number of nitrogens with one attached hydrogen (secondary N) is 2. The summed E-state index contributed by atoms with van der Waals surface area (Å²) in [5.74, 6) is -2.18. The third-order valence-corrected chi connectivity index (χ3v) is 9.06. The van der Waals surface area contributed by atoms with Crippen LogP contribution in [0.5, 0.6) is 5.75 Å². The number of fused-ring (bicyclic) bond motifs is 4. The summed E-state index contributed by atoms with van der Waals surface area (Å²) in [6.45, 7) is 6.85. The first-order chi connectivity index (χ1) is 21.1. The zero-order valence-electron chi connectivity index (χ0n) is 27.1. The summed E-state index contributed by atoms with van der Waals surface area (Å²) in [6.07, 6.45) is 0.229. The number of hydrogen-bond donors (Lipinski definition) is 4. The molecule has 0 radical (unpaired) electrons. The fourth-order valence-corrected chi connectivity index (χ4v) is 5.87. The number of carbonyl (C=O) groups is 3. The van der Waals surface area contributed by atoms with Crippen molar-refractivity contribution in [2.24, 2.45) is 11.8 Å². The smallest absolute Gasteiger partial charge is 0.409 e. The monoisotopic (exact) mass is 651 g/mol. The van der Waals surface area contributed by atoms with E-state index in [0.29, 0.717) is 17.9 Å². The Hall–Kier alpha value is -3.16. The van der Waals surface area contributed by atoms with Crippen molar-refractivity contribution < 1.29 is 43.5 Å². The molecule has 250 valence electrons. The molecule has 2 aliphatic heterocycles. The van der Waals surface area contributed by atoms with Crippen LogP contribution in [0.25, 0.3) is 0 Å². The molecular formula is C32H46ClN3O9. The average Bonchev–Trinajstić information content (AvgIpc) is 3.00. The van der Waals surface area contributed by atoms with Gasteiger partial charge in [-0.05, 0) is 45.0 Å². The van der Waals surface area contributed by atoms with E-state index >= 15 is 0 Å². The van der Waals surface area contributed by atoms with Crippen molar-refractivity contribution in [2.75, 3.05) is 33.2 Å². The lowest BCUT2D eigenvalue weighted by Crippen LogP contribution is -2.64. The van der Waals surface area contributed by atoms with Crippen LogP contribution < -0.4 is 20.3 Å². The zero-order chi connectivity index (χ0) is 33.6. The van der Waals surface area contributed by atoms with E-state index < -0.39 is 66.0 Å². The minimum atomic E-state index is -1.85. The third kappa shape index (κ3) is 8.56. The van der Waals surface area contributed by atoms with Gasteiger partial charge in [0.05, 0.1) is 25.3 Å². The van der Waals surface area contributed by atoms with E-state index in [1.165, 1.54) is 19.1 Å². The van der Waals surface area contributed by atoms with Crippen molar-refractivity contribution in [3.8, 4) is 5.75 Å². The van der Waals surface area contributed by atoms with Crippen LogP contribution in [0.4, 0.5) is 10.5 Å². The number of aliphatic hydroxyl groups is 2. The molecule has 0 aromatic heterocycles. The predicted octanol–water partition coefficient (Wildman–Crippen LogP) is 3.12. The fourth-order valence-electron chi connectivity index (χ4n) is 5.56. The van der Waals surface area contributed by atoms with E-state index in [4.69, 9.17) is 30.5 Å². The second-order valence-corrected chi connectivity index (χ2v) is 12.3. The Bertz CT molecular complexity index is 1300. The summed E-state index contributed by atoms with van der Waals surface area (Å²) in [5, 5.41) is 28.6. The van der Waals surface area contributed by atoms with Crippen LogP contribution in [-0.2, 0) is 30.2 Å². The largest absolute Gasteiger partial charge is 0.495 e. The Labute approximate surface area is 269 Å². The number of halogens is 1. The van der Waals surface area contributed by atoms with Crippen LogP contribution in [0, 0.1) is 11.8 Å². The van der Waals surface area contributed by atoms with Gasteiger partial charge in [0.15, 0.2) is 5.72 Å². The van der Waals surface area contributed by atoms with Gasteiger partial charge >= 0.3 is 12.1 Å². The second-order valence-electron chi connectivity index (χ2n) is 11.9. The summed E-state index contributed by atoms with van der Waals surface area (Å²) < 4.78 is 22.4. The number of likely N-dealkylation sites (N-methyl/N-ethyl adjacent to an activating group) is 1. The Morgan fingerprint density at radius 2 is 1.93 bits per heavy atom. The highest BCUT2D eigenvalue weighted by Gasteiger charge is 2.48. The van der Waals surface area contributed by atoms with Gasteiger partial charge in [0, 0.05) is 32.4 Å². The second kappa shape index (κ2) is 15.4. The molecule has 1 fully saturated rings. The van der Waals surface area contributed by atoms with Crippen molar-refractivity contribution in [1.29, 1.82) is 0 Å². The van der Waals surface area contributed by atoms with Gasteiger partial charge in [-0.15, -0.1) is 0 Å². The van der Waals surface area contributed by atoms with Gasteiger partial charge < -0.3 is 39.4 Å². The number of anilines is 1. The van der Waals surface area contributed by atoms with E-state index in [2.05, 4.69) is 10.6 Å². The first kappa shape index (κ1) is 36.3. The molecule has 4 N–H and O–H groups in total. The molecule has 1 aromatic carbocycles. The maximum absolute atomic E-state index is 13.8. The van der Waals surface area contributed by atoms with Gasteiger partial charge in [0.1, 0.15) is 35.1 Å². The topological polar surface area (TPSA) is 156 Å². The molecule has 2 heterocycles. The van der Waals surface area contributed by atoms with Crippen molar-refractivity contribution in [3.63, 3.8) is 0 Å². The highest BCUT2D eigenvalue weighted by atomic mass is 35.5. The average molecular weight is 652 g/mol. The molecule has 1 aromatic rings. The normalized spacial score (nSPS) is 30.6. The maximum Gasteiger partial charge on any atom is 0.409 e. The molecule has 0 aliphatic carbocycles. The number of rotatable bonds is 5. The summed E-state index contributed by atoms with van der Waals surface area (Å²) in [4.78, 5) is 40.7. The number of nitrogens with zero attached hydrogens (tertiary/aromatic N) is 1. The van der Waals surface area contributed by atoms with Gasteiger partial charge in [0.25, 0.3) is 0 Å². The van der Waals surface area contributed by atoms with Crippen molar-refractivity contribution in [3.05, 3.63) is 46.5 Å². The van der Waals surface area contributed by atoms with Crippen LogP contribution in [0.1, 0.15) is 46.1 Å². The number of methoxy groups -OCH3 is 2. The standard InChI is InChI=1S/C32H46ClN3O9/c1-17-10-9-11-26(43-8)32(41)16-25(45-31(40)35-32)19(3)29(38)18(2)23(44-30(39)20(4)34-5)15-27(37)36(6)22-13-21(12-17)14-24(42-7)28(22)33/h9-11,13-14,18-20,23,25-26,29,34,38,41H,12,15-16H2,1-8H3,(H,35,40). The number of esters is 1. The molecule has 3 rings (SSSR count). The maximum atomic E-state index is 13.8. The number of carbonyl (C=O) groups excluding carboxylic acids is 3. The highest BCUT2D eigenvalue weighted by molar-refractivity contribution is 6.35. The molecule has 1 saturated heterocycles. The highest BCUT2D eigenvalue weighted by Crippen LogP contribution is 2.38. The third-order valence-electron chi connectivity index (χ3n) is 8.68. The molecule has 0 saturated carbocycles. The lowest BCUT2D eigenvalue weighted by atomic mass is 9.81. The van der Waals surface area contributed by atoms with Gasteiger partial charge in [-0.2, -0.15) is 0 Å². The molecule has 4 bridgehead atoms. The first-order valence-corrected chi connectivity index (χ1v) is 15.3. The summed E-state index contributed by atoms with van der Waals surface area (Å²) in [6, 6.07) is 2.90. The lowest BCUT2D eigenvalue weighted by Gasteiger charge is -2.43. The van der Waals surface area contributed by atoms with Crippen LogP contribution >= 0.6 is 11.6 Å². The molecule has 8 atom stereocenters. The Morgan fingerprint density at radius 1 is 1.24 bits per heavy atom. The Balaban J connectivity index is 2.14.